The summed E-state index contributed by atoms with van der Waals surface area (Å²) in [4.78, 5) is 3.61. The highest BCUT2D eigenvalue weighted by Crippen LogP contribution is 2.15. The molecule has 0 saturated heterocycles. The van der Waals surface area contributed by atoms with E-state index in [4.69, 9.17) is 0 Å². The van der Waals surface area contributed by atoms with Gasteiger partial charge >= 0.3 is 0 Å². The normalized spacial score (nSPS) is 12.8. The van der Waals surface area contributed by atoms with E-state index in [1.165, 1.54) is 55.7 Å². The number of aromatic nitrogens is 2. The molecule has 3 heteroatoms. The number of aromatic amines is 1. The van der Waals surface area contributed by atoms with Crippen molar-refractivity contribution in [2.45, 2.75) is 91.7 Å². The van der Waals surface area contributed by atoms with Crippen LogP contribution in [0.3, 0.4) is 0 Å². The second-order valence-electron chi connectivity index (χ2n) is 5.81. The summed E-state index contributed by atoms with van der Waals surface area (Å²) in [5.41, 5.74) is 2.69. The molecule has 3 nitrogen and oxygen atoms in total. The molecule has 116 valence electrons. The lowest BCUT2D eigenvalue weighted by atomic mass is 10.1. The Morgan fingerprint density at radius 2 is 1.50 bits per heavy atom. The first-order chi connectivity index (χ1) is 9.65. The van der Waals surface area contributed by atoms with Crippen molar-refractivity contribution in [3.8, 4) is 0 Å². The minimum Gasteiger partial charge on any atom is -0.355 e. The van der Waals surface area contributed by atoms with E-state index in [1.54, 1.807) is 0 Å². The average molecular weight is 281 g/mol. The number of hydrogen-bond acceptors (Lipinski definition) is 1. The van der Waals surface area contributed by atoms with Crippen LogP contribution in [0.4, 0.5) is 0 Å². The number of rotatable bonds is 10. The third-order valence-electron chi connectivity index (χ3n) is 3.91. The predicted octanol–water partition coefficient (Wildman–Crippen LogP) is 3.84. The Labute approximate surface area is 124 Å². The van der Waals surface area contributed by atoms with Crippen LogP contribution in [0.1, 0.15) is 89.7 Å². The molecule has 1 unspecified atom stereocenters. The van der Waals surface area contributed by atoms with E-state index in [9.17, 15) is 5.11 Å². The number of H-pyrrole nitrogens is 1. The molecule has 0 spiro atoms. The SMILES string of the molecule is CCCCc1[nH]c(CCCC)[n+](C(C)O)c1CCCC. The van der Waals surface area contributed by atoms with Gasteiger partial charge in [0.25, 0.3) is 5.82 Å². The summed E-state index contributed by atoms with van der Waals surface area (Å²) in [7, 11) is 0. The largest absolute Gasteiger partial charge is 0.355 e. The standard InChI is InChI=1S/C17H32N2O/c1-5-8-11-15-16(12-9-6-2)19(14(4)20)17(18-15)13-10-7-3/h14,20H,5-13H2,1-4H3/p+1. The van der Waals surface area contributed by atoms with Gasteiger partial charge in [-0.05, 0) is 19.3 Å². The average Bonchev–Trinajstić information content (AvgIpc) is 2.78. The molecule has 1 heterocycles. The Morgan fingerprint density at radius 1 is 0.950 bits per heavy atom. The maximum absolute atomic E-state index is 10.2. The van der Waals surface area contributed by atoms with E-state index in [2.05, 4.69) is 30.3 Å². The number of aliphatic hydroxyl groups excluding tert-OH is 1. The third kappa shape index (κ3) is 4.62. The number of imidazole rings is 1. The van der Waals surface area contributed by atoms with E-state index < -0.39 is 6.23 Å². The first-order valence-electron chi connectivity index (χ1n) is 8.47. The summed E-state index contributed by atoms with van der Waals surface area (Å²) in [6.45, 7) is 8.55. The summed E-state index contributed by atoms with van der Waals surface area (Å²) < 4.78 is 2.15. The molecular weight excluding hydrogens is 248 g/mol. The van der Waals surface area contributed by atoms with Crippen LogP contribution < -0.4 is 4.57 Å². The number of nitrogens with one attached hydrogen (secondary N) is 1. The van der Waals surface area contributed by atoms with Crippen molar-refractivity contribution in [2.24, 2.45) is 0 Å². The van der Waals surface area contributed by atoms with Gasteiger partial charge in [-0.25, -0.2) is 9.55 Å². The molecule has 1 rings (SSSR count). The Balaban J connectivity index is 3.06. The first kappa shape index (κ1) is 17.2. The topological polar surface area (TPSA) is 39.9 Å². The zero-order valence-electron chi connectivity index (χ0n) is 13.8. The van der Waals surface area contributed by atoms with Gasteiger partial charge in [-0.15, -0.1) is 0 Å². The summed E-state index contributed by atoms with van der Waals surface area (Å²) in [6, 6.07) is 0. The van der Waals surface area contributed by atoms with Crippen molar-refractivity contribution in [3.05, 3.63) is 17.2 Å². The van der Waals surface area contributed by atoms with Crippen LogP contribution >= 0.6 is 0 Å². The van der Waals surface area contributed by atoms with Crippen LogP contribution in [0, 0.1) is 0 Å². The molecule has 0 fully saturated rings. The number of aliphatic hydroxyl groups is 1. The minimum absolute atomic E-state index is 0.430. The van der Waals surface area contributed by atoms with Gasteiger partial charge in [-0.2, -0.15) is 0 Å². The highest BCUT2D eigenvalue weighted by molar-refractivity contribution is 5.09. The van der Waals surface area contributed by atoms with Crippen molar-refractivity contribution in [1.82, 2.24) is 4.98 Å². The van der Waals surface area contributed by atoms with Gasteiger partial charge < -0.3 is 5.11 Å². The molecule has 0 aliphatic carbocycles. The van der Waals surface area contributed by atoms with Crippen molar-refractivity contribution in [3.63, 3.8) is 0 Å². The molecule has 2 N–H and O–H groups in total. The fourth-order valence-electron chi connectivity index (χ4n) is 2.77. The molecule has 0 aromatic carbocycles. The van der Waals surface area contributed by atoms with Crippen LogP contribution in [0.25, 0.3) is 0 Å². The van der Waals surface area contributed by atoms with Crippen molar-refractivity contribution >= 4 is 0 Å². The molecule has 0 aliphatic rings. The molecule has 0 aliphatic heterocycles. The Kier molecular flexibility index (Phi) is 7.90. The van der Waals surface area contributed by atoms with Crippen molar-refractivity contribution in [1.29, 1.82) is 0 Å². The monoisotopic (exact) mass is 281 g/mol. The van der Waals surface area contributed by atoms with Gasteiger partial charge in [0, 0.05) is 26.2 Å². The molecule has 0 bridgehead atoms. The van der Waals surface area contributed by atoms with Crippen LogP contribution in [-0.4, -0.2) is 10.1 Å². The van der Waals surface area contributed by atoms with Crippen LogP contribution in [0.2, 0.25) is 0 Å². The maximum atomic E-state index is 10.2. The first-order valence-corrected chi connectivity index (χ1v) is 8.47. The third-order valence-corrected chi connectivity index (χ3v) is 3.91. The highest BCUT2D eigenvalue weighted by Gasteiger charge is 2.25. The Bertz CT molecular complexity index is 383. The van der Waals surface area contributed by atoms with Gasteiger partial charge in [0.1, 0.15) is 11.4 Å². The summed E-state index contributed by atoms with van der Waals surface area (Å²) in [5, 5.41) is 10.2. The van der Waals surface area contributed by atoms with Gasteiger partial charge in [0.2, 0.25) is 0 Å². The van der Waals surface area contributed by atoms with Crippen molar-refractivity contribution in [2.75, 3.05) is 0 Å². The molecular formula is C17H33N2O+. The maximum Gasteiger partial charge on any atom is 0.256 e. The number of aryl methyl sites for hydroxylation is 2. The minimum atomic E-state index is -0.430. The summed E-state index contributed by atoms with van der Waals surface area (Å²) >= 11 is 0. The number of nitrogens with zero attached hydrogens (tertiary/aromatic N) is 1. The lowest BCUT2D eigenvalue weighted by Gasteiger charge is -2.08. The van der Waals surface area contributed by atoms with Gasteiger partial charge in [-0.1, -0.05) is 40.0 Å². The summed E-state index contributed by atoms with van der Waals surface area (Å²) in [6.07, 6.45) is 9.96. The summed E-state index contributed by atoms with van der Waals surface area (Å²) in [5.74, 6) is 1.21. The lowest BCUT2D eigenvalue weighted by molar-refractivity contribution is -0.766. The van der Waals surface area contributed by atoms with E-state index in [-0.39, 0.29) is 0 Å². The Hall–Kier alpha value is -0.830. The van der Waals surface area contributed by atoms with E-state index in [1.807, 2.05) is 6.92 Å². The zero-order valence-corrected chi connectivity index (χ0v) is 13.8. The smallest absolute Gasteiger partial charge is 0.256 e. The zero-order chi connectivity index (χ0) is 15.0. The predicted molar refractivity (Wildman–Crippen MR) is 83.8 cm³/mol. The van der Waals surface area contributed by atoms with Crippen LogP contribution in [0.5, 0.6) is 0 Å². The highest BCUT2D eigenvalue weighted by atomic mass is 16.3. The second kappa shape index (κ2) is 9.17. The van der Waals surface area contributed by atoms with Crippen molar-refractivity contribution < 1.29 is 9.67 Å². The molecule has 0 amide bonds. The molecule has 0 radical (unpaired) electrons. The van der Waals surface area contributed by atoms with Gasteiger partial charge in [0.15, 0.2) is 6.23 Å². The quantitative estimate of drug-likeness (QED) is 0.628. The second-order valence-corrected chi connectivity index (χ2v) is 5.81. The van der Waals surface area contributed by atoms with Crippen LogP contribution in [0.15, 0.2) is 0 Å². The number of unbranched alkanes of at least 4 members (excludes halogenated alkanes) is 3. The van der Waals surface area contributed by atoms with E-state index in [0.29, 0.717) is 0 Å². The molecule has 1 aromatic heterocycles. The fraction of sp³-hybridized carbons (Fsp3) is 0.824. The fourth-order valence-corrected chi connectivity index (χ4v) is 2.77. The van der Waals surface area contributed by atoms with E-state index in [0.717, 1.165) is 19.3 Å². The van der Waals surface area contributed by atoms with Crippen LogP contribution in [-0.2, 0) is 19.3 Å². The van der Waals surface area contributed by atoms with Gasteiger partial charge in [0.05, 0.1) is 0 Å². The molecule has 0 saturated carbocycles. The van der Waals surface area contributed by atoms with Gasteiger partial charge in [-0.3, -0.25) is 0 Å². The molecule has 20 heavy (non-hydrogen) atoms. The molecule has 1 aromatic rings. The van der Waals surface area contributed by atoms with E-state index >= 15 is 0 Å². The lowest BCUT2D eigenvalue weighted by Crippen LogP contribution is -2.44. The Morgan fingerprint density at radius 3 is 2.05 bits per heavy atom. The number of hydrogen-bond donors (Lipinski definition) is 2. The molecule has 1 atom stereocenters.